The molecule has 204 valence electrons. The molecule has 4 aromatic rings. The molecule has 0 bridgehead atoms. The van der Waals surface area contributed by atoms with E-state index < -0.39 is 23.2 Å². The Kier molecular flexibility index (Phi) is 8.35. The van der Waals surface area contributed by atoms with Crippen LogP contribution in [0.3, 0.4) is 0 Å². The maximum atomic E-state index is 13.5. The van der Waals surface area contributed by atoms with E-state index in [-0.39, 0.29) is 56.6 Å². The molecule has 0 N–H and O–H groups in total. The zero-order chi connectivity index (χ0) is 29.0. The Labute approximate surface area is 270 Å². The Morgan fingerprint density at radius 3 is 2.05 bits per heavy atom. The Morgan fingerprint density at radius 1 is 0.900 bits per heavy atom. The highest BCUT2D eigenvalue weighted by atomic mass is 79.9. The summed E-state index contributed by atoms with van der Waals surface area (Å²) < 4.78 is 13.4. The summed E-state index contributed by atoms with van der Waals surface area (Å²) in [6, 6.07) is 9.86. The molecule has 0 atom stereocenters. The SMILES string of the molecule is Cc1ccc(-c2oc3c(Cl)cc(Cl)cc3c(=O)c2OC(=O)CCN2C(=O)c3c(Br)c(Br)c(Br)c(Br)c3C2=O)cc1. The largest absolute Gasteiger partial charge is 0.450 e. The van der Waals surface area contributed by atoms with Gasteiger partial charge in [0.05, 0.1) is 28.0 Å². The van der Waals surface area contributed by atoms with Crippen molar-refractivity contribution in [3.8, 4) is 17.1 Å². The molecule has 0 unspecified atom stereocenters. The van der Waals surface area contributed by atoms with Crippen LogP contribution in [0.2, 0.25) is 10.0 Å². The van der Waals surface area contributed by atoms with Crippen LogP contribution in [-0.2, 0) is 4.79 Å². The first kappa shape index (κ1) is 29.5. The smallest absolute Gasteiger partial charge is 0.313 e. The molecule has 0 saturated heterocycles. The highest BCUT2D eigenvalue weighted by Gasteiger charge is 2.41. The van der Waals surface area contributed by atoms with Gasteiger partial charge in [-0.25, -0.2) is 0 Å². The Bertz CT molecular complexity index is 1790. The number of nitrogens with zero attached hydrogens (tertiary/aromatic N) is 1. The average Bonchev–Trinajstić information content (AvgIpc) is 3.16. The summed E-state index contributed by atoms with van der Waals surface area (Å²) in [6.45, 7) is 1.61. The topological polar surface area (TPSA) is 93.9 Å². The Balaban J connectivity index is 1.47. The zero-order valence-corrected chi connectivity index (χ0v) is 27.9. The number of aryl methyl sites for hydroxylation is 1. The minimum absolute atomic E-state index is 0.00151. The molecule has 0 spiro atoms. The van der Waals surface area contributed by atoms with Gasteiger partial charge in [-0.3, -0.25) is 24.1 Å². The van der Waals surface area contributed by atoms with Gasteiger partial charge in [0, 0.05) is 35.0 Å². The van der Waals surface area contributed by atoms with E-state index in [9.17, 15) is 19.2 Å². The van der Waals surface area contributed by atoms with Gasteiger partial charge < -0.3 is 9.15 Å². The number of benzene rings is 3. The average molecular weight is 838 g/mol. The van der Waals surface area contributed by atoms with Crippen molar-refractivity contribution in [3.05, 3.63) is 91.2 Å². The van der Waals surface area contributed by atoms with Crippen LogP contribution in [0.15, 0.2) is 63.5 Å². The molecule has 1 aliphatic rings. The molecule has 5 rings (SSSR count). The normalized spacial score (nSPS) is 12.8. The van der Waals surface area contributed by atoms with Crippen molar-refractivity contribution in [2.45, 2.75) is 13.3 Å². The molecule has 0 fully saturated rings. The van der Waals surface area contributed by atoms with Gasteiger partial charge in [-0.15, -0.1) is 0 Å². The zero-order valence-electron chi connectivity index (χ0n) is 20.0. The van der Waals surface area contributed by atoms with Crippen molar-refractivity contribution in [3.63, 3.8) is 0 Å². The van der Waals surface area contributed by atoms with Crippen molar-refractivity contribution >= 4 is 116 Å². The second-order valence-electron chi connectivity index (χ2n) is 8.71. The van der Waals surface area contributed by atoms with E-state index >= 15 is 0 Å². The highest BCUT2D eigenvalue weighted by Crippen LogP contribution is 2.45. The monoisotopic (exact) mass is 833 g/mol. The fourth-order valence-corrected chi connectivity index (χ4v) is 7.15. The molecule has 1 aliphatic heterocycles. The number of carbonyl (C=O) groups excluding carboxylic acids is 3. The van der Waals surface area contributed by atoms with Gasteiger partial charge in [0.1, 0.15) is 0 Å². The number of rotatable bonds is 5. The molecule has 0 radical (unpaired) electrons. The van der Waals surface area contributed by atoms with Crippen LogP contribution in [0.1, 0.15) is 32.7 Å². The first-order valence-corrected chi connectivity index (χ1v) is 15.3. The van der Waals surface area contributed by atoms with E-state index in [2.05, 4.69) is 63.7 Å². The first-order valence-electron chi connectivity index (χ1n) is 11.4. The fourth-order valence-electron chi connectivity index (χ4n) is 4.16. The maximum absolute atomic E-state index is 13.5. The highest BCUT2D eigenvalue weighted by molar-refractivity contribution is 9.15. The van der Waals surface area contributed by atoms with Gasteiger partial charge in [-0.05, 0) is 82.8 Å². The molecule has 0 aliphatic carbocycles. The first-order chi connectivity index (χ1) is 18.9. The Hall–Kier alpha value is -2.02. The van der Waals surface area contributed by atoms with E-state index in [4.69, 9.17) is 32.4 Å². The van der Waals surface area contributed by atoms with E-state index in [0.29, 0.717) is 23.5 Å². The Morgan fingerprint density at radius 2 is 1.48 bits per heavy atom. The molecule has 0 saturated carbocycles. The third-order valence-corrected chi connectivity index (χ3v) is 11.4. The summed E-state index contributed by atoms with van der Waals surface area (Å²) in [7, 11) is 0. The second kappa shape index (κ2) is 11.3. The van der Waals surface area contributed by atoms with Crippen LogP contribution in [-0.4, -0.2) is 29.2 Å². The van der Waals surface area contributed by atoms with Crippen molar-refractivity contribution in [1.29, 1.82) is 0 Å². The van der Waals surface area contributed by atoms with Crippen LogP contribution < -0.4 is 10.2 Å². The van der Waals surface area contributed by atoms with Crippen LogP contribution in [0.5, 0.6) is 5.75 Å². The summed E-state index contributed by atoms with van der Waals surface area (Å²) in [6.07, 6.45) is -0.385. The maximum Gasteiger partial charge on any atom is 0.313 e. The van der Waals surface area contributed by atoms with Gasteiger partial charge in [-0.1, -0.05) is 53.0 Å². The lowest BCUT2D eigenvalue weighted by Gasteiger charge is -2.14. The quantitative estimate of drug-likeness (QED) is 0.0865. The van der Waals surface area contributed by atoms with Crippen molar-refractivity contribution < 1.29 is 23.5 Å². The number of carbonyl (C=O) groups is 3. The summed E-state index contributed by atoms with van der Waals surface area (Å²) in [5, 5.41) is 0.348. The molecular formula is C27H13Br4Cl2NO6. The van der Waals surface area contributed by atoms with Gasteiger partial charge >= 0.3 is 5.97 Å². The van der Waals surface area contributed by atoms with Gasteiger partial charge in [0.15, 0.2) is 11.3 Å². The third kappa shape index (κ3) is 5.09. The lowest BCUT2D eigenvalue weighted by atomic mass is 10.1. The predicted octanol–water partition coefficient (Wildman–Crippen LogP) is 8.72. The van der Waals surface area contributed by atoms with Gasteiger partial charge in [0.25, 0.3) is 11.8 Å². The van der Waals surface area contributed by atoms with Crippen molar-refractivity contribution in [2.24, 2.45) is 0 Å². The number of imide groups is 1. The third-order valence-electron chi connectivity index (χ3n) is 6.12. The summed E-state index contributed by atoms with van der Waals surface area (Å²) >= 11 is 25.9. The van der Waals surface area contributed by atoms with Gasteiger partial charge in [-0.2, -0.15) is 0 Å². The molecule has 3 aromatic carbocycles. The van der Waals surface area contributed by atoms with E-state index in [1.807, 2.05) is 19.1 Å². The van der Waals surface area contributed by atoms with E-state index in [1.54, 1.807) is 12.1 Å². The minimum Gasteiger partial charge on any atom is -0.450 e. The fraction of sp³-hybridized carbons (Fsp3) is 0.111. The molecule has 1 aromatic heterocycles. The molecule has 40 heavy (non-hydrogen) atoms. The van der Waals surface area contributed by atoms with Gasteiger partial charge in [0.2, 0.25) is 11.2 Å². The second-order valence-corrected chi connectivity index (χ2v) is 12.7. The molecule has 13 heteroatoms. The summed E-state index contributed by atoms with van der Waals surface area (Å²) in [5.41, 5.74) is 1.19. The number of hydrogen-bond acceptors (Lipinski definition) is 6. The van der Waals surface area contributed by atoms with Crippen LogP contribution in [0, 0.1) is 6.92 Å². The number of ether oxygens (including phenoxy) is 1. The number of amides is 2. The summed E-state index contributed by atoms with van der Waals surface area (Å²) in [5.74, 6) is -2.38. The minimum atomic E-state index is -0.856. The van der Waals surface area contributed by atoms with Crippen molar-refractivity contribution in [1.82, 2.24) is 4.90 Å². The van der Waals surface area contributed by atoms with E-state index in [0.717, 1.165) is 10.5 Å². The lowest BCUT2D eigenvalue weighted by molar-refractivity contribution is -0.134. The van der Waals surface area contributed by atoms with E-state index in [1.165, 1.54) is 12.1 Å². The molecule has 7 nitrogen and oxygen atoms in total. The number of hydrogen-bond donors (Lipinski definition) is 0. The number of halogens is 6. The molecular weight excluding hydrogens is 825 g/mol. The summed E-state index contributed by atoms with van der Waals surface area (Å²) in [4.78, 5) is 53.7. The van der Waals surface area contributed by atoms with Crippen LogP contribution in [0.4, 0.5) is 0 Å². The number of esters is 1. The molecule has 2 heterocycles. The molecule has 2 amide bonds. The van der Waals surface area contributed by atoms with Crippen LogP contribution >= 0.6 is 86.9 Å². The predicted molar refractivity (Wildman–Crippen MR) is 166 cm³/mol. The standard InChI is InChI=1S/C27H13Br4Cl2NO6/c1-10-2-4-11(5-3-10)23-25(22(36)13-8-12(32)9-14(33)24(13)40-23)39-15(35)6-7-34-26(37)16-17(27(34)38)19(29)21(31)20(30)18(16)28/h2-5,8-9H,6-7H2,1H3. The van der Waals surface area contributed by atoms with Crippen LogP contribution in [0.25, 0.3) is 22.3 Å². The van der Waals surface area contributed by atoms with Crippen molar-refractivity contribution in [2.75, 3.05) is 6.54 Å². The number of fused-ring (bicyclic) bond motifs is 2. The lowest BCUT2D eigenvalue weighted by Crippen LogP contribution is -2.33.